The van der Waals surface area contributed by atoms with Gasteiger partial charge >= 0.3 is 0 Å². The molecule has 0 radical (unpaired) electrons. The van der Waals surface area contributed by atoms with E-state index in [1.54, 1.807) is 0 Å². The Morgan fingerprint density at radius 3 is 1.67 bits per heavy atom. The lowest BCUT2D eigenvalue weighted by Gasteiger charge is -2.68. The molecule has 0 nitrogen and oxygen atoms in total. The molecule has 0 heterocycles. The Bertz CT molecular complexity index is 1170. The lowest BCUT2D eigenvalue weighted by Crippen LogP contribution is -2.62. The SMILES string of the molecule is CCC1C(C)CC2CC(C(C)CC(C)C)C(C)(C(CC)C(C)(C)C(C)C)C(C)(C2)CC(C)(C)C(C)C(C)C2(C)C(C)C(C)CC(C)C2(C)C(CC)CC1C. The highest BCUT2D eigenvalue weighted by Gasteiger charge is 2.65. The van der Waals surface area contributed by atoms with Crippen molar-refractivity contribution < 1.29 is 0 Å². The van der Waals surface area contributed by atoms with Crippen LogP contribution in [-0.2, 0) is 0 Å². The smallest absolute Gasteiger partial charge is 0.0207 e. The predicted octanol–water partition coefficient (Wildman–Crippen LogP) is 17.5. The fourth-order valence-corrected chi connectivity index (χ4v) is 17.2. The number of hydrogen-bond acceptors (Lipinski definition) is 0. The van der Waals surface area contributed by atoms with Gasteiger partial charge in [-0.15, -0.1) is 0 Å². The zero-order valence-corrected chi connectivity index (χ0v) is 41.7. The van der Waals surface area contributed by atoms with Gasteiger partial charge < -0.3 is 0 Å². The van der Waals surface area contributed by atoms with Crippen molar-refractivity contribution in [3.63, 3.8) is 0 Å². The van der Waals surface area contributed by atoms with E-state index in [1.165, 1.54) is 64.2 Å². The first-order chi connectivity index (χ1) is 24.6. The zero-order chi connectivity index (χ0) is 41.7. The molecule has 3 aliphatic rings. The van der Waals surface area contributed by atoms with E-state index in [4.69, 9.17) is 0 Å². The third kappa shape index (κ3) is 8.13. The van der Waals surface area contributed by atoms with Crippen molar-refractivity contribution in [1.29, 1.82) is 0 Å². The second kappa shape index (κ2) is 17.3. The zero-order valence-electron chi connectivity index (χ0n) is 41.7. The highest BCUT2D eigenvalue weighted by atomic mass is 14.7. The fourth-order valence-electron chi connectivity index (χ4n) is 17.2. The van der Waals surface area contributed by atoms with E-state index in [9.17, 15) is 0 Å². The molecule has 0 saturated heterocycles. The third-order valence-electron chi connectivity index (χ3n) is 21.6. The highest BCUT2D eigenvalue weighted by Crippen LogP contribution is 2.72. The first kappa shape index (κ1) is 48.4. The van der Waals surface area contributed by atoms with E-state index in [0.717, 1.165) is 65.1 Å². The molecule has 3 fully saturated rings. The molecule has 3 aliphatic carbocycles. The molecule has 3 rings (SSSR count). The maximum absolute atomic E-state index is 2.90. The summed E-state index contributed by atoms with van der Waals surface area (Å²) in [5.41, 5.74) is 1.70. The van der Waals surface area contributed by atoms with E-state index in [2.05, 4.69) is 159 Å². The molecular weight excluding hydrogens is 649 g/mol. The molecule has 3 saturated carbocycles. The summed E-state index contributed by atoms with van der Waals surface area (Å²) in [6.07, 6.45) is 13.8. The first-order valence-corrected chi connectivity index (χ1v) is 24.6. The van der Waals surface area contributed by atoms with Crippen molar-refractivity contribution in [3.8, 4) is 0 Å². The quantitative estimate of drug-likeness (QED) is 0.220. The second-order valence-electron chi connectivity index (χ2n) is 25.1. The van der Waals surface area contributed by atoms with Crippen LogP contribution in [0.4, 0.5) is 0 Å². The Hall–Kier alpha value is 0. The van der Waals surface area contributed by atoms with Crippen molar-refractivity contribution in [2.75, 3.05) is 0 Å². The third-order valence-corrected chi connectivity index (χ3v) is 21.6. The predicted molar refractivity (Wildman–Crippen MR) is 244 cm³/mol. The van der Waals surface area contributed by atoms with Gasteiger partial charge in [0.25, 0.3) is 0 Å². The van der Waals surface area contributed by atoms with Gasteiger partial charge in [0, 0.05) is 0 Å². The minimum Gasteiger partial charge on any atom is -0.0651 e. The van der Waals surface area contributed by atoms with Gasteiger partial charge in [0.2, 0.25) is 0 Å². The molecule has 0 aromatic heterocycles. The van der Waals surface area contributed by atoms with Crippen LogP contribution < -0.4 is 0 Å². The van der Waals surface area contributed by atoms with Crippen molar-refractivity contribution in [3.05, 3.63) is 0 Å². The van der Waals surface area contributed by atoms with Crippen molar-refractivity contribution in [1.82, 2.24) is 0 Å². The largest absolute Gasteiger partial charge is 0.0651 e. The second-order valence-corrected chi connectivity index (χ2v) is 25.1. The van der Waals surface area contributed by atoms with E-state index in [1.807, 2.05) is 0 Å². The van der Waals surface area contributed by atoms with Crippen LogP contribution in [0.15, 0.2) is 0 Å². The summed E-state index contributed by atoms with van der Waals surface area (Å²) in [6.45, 7) is 61.8. The van der Waals surface area contributed by atoms with Gasteiger partial charge in [-0.25, -0.2) is 0 Å². The maximum atomic E-state index is 2.90. The molecule has 0 amide bonds. The molecular formula is C54H104. The van der Waals surface area contributed by atoms with Gasteiger partial charge in [-0.2, -0.15) is 0 Å². The molecule has 0 aromatic rings. The number of fused-ring (bicyclic) bond motifs is 3. The summed E-state index contributed by atoms with van der Waals surface area (Å²) >= 11 is 0. The van der Waals surface area contributed by atoms with Gasteiger partial charge in [-0.05, 0) is 166 Å². The van der Waals surface area contributed by atoms with Gasteiger partial charge in [0.05, 0.1) is 0 Å². The van der Waals surface area contributed by atoms with Crippen molar-refractivity contribution in [2.45, 2.75) is 223 Å². The summed E-state index contributed by atoms with van der Waals surface area (Å²) < 4.78 is 0. The Morgan fingerprint density at radius 1 is 0.630 bits per heavy atom. The normalized spacial score (nSPS) is 46.7. The molecule has 17 atom stereocenters. The molecule has 2 bridgehead atoms. The average molecular weight is 753 g/mol. The molecule has 0 heteroatoms. The van der Waals surface area contributed by atoms with Crippen LogP contribution in [0.3, 0.4) is 0 Å². The van der Waals surface area contributed by atoms with Gasteiger partial charge in [-0.1, -0.05) is 179 Å². The van der Waals surface area contributed by atoms with E-state index in [-0.39, 0.29) is 21.7 Å². The Morgan fingerprint density at radius 2 is 1.19 bits per heavy atom. The topological polar surface area (TPSA) is 0 Å². The van der Waals surface area contributed by atoms with Gasteiger partial charge in [0.15, 0.2) is 0 Å². The minimum atomic E-state index is 0.240. The molecule has 320 valence electrons. The monoisotopic (exact) mass is 753 g/mol. The van der Waals surface area contributed by atoms with Crippen LogP contribution in [0.25, 0.3) is 0 Å². The van der Waals surface area contributed by atoms with Crippen LogP contribution in [0, 0.1) is 121 Å². The highest BCUT2D eigenvalue weighted by molar-refractivity contribution is 5.13. The average Bonchev–Trinajstić information content (AvgIpc) is 3.05. The maximum Gasteiger partial charge on any atom is -0.0207 e. The minimum absolute atomic E-state index is 0.240. The van der Waals surface area contributed by atoms with Crippen LogP contribution >= 0.6 is 0 Å². The summed E-state index contributed by atoms with van der Waals surface area (Å²) in [5.74, 6) is 11.2. The Balaban J connectivity index is 2.43. The van der Waals surface area contributed by atoms with Crippen molar-refractivity contribution >= 4 is 0 Å². The molecule has 0 spiro atoms. The van der Waals surface area contributed by atoms with Gasteiger partial charge in [0.1, 0.15) is 0 Å². The molecule has 0 aliphatic heterocycles. The van der Waals surface area contributed by atoms with E-state index >= 15 is 0 Å². The summed E-state index contributed by atoms with van der Waals surface area (Å²) in [4.78, 5) is 0. The molecule has 17 unspecified atom stereocenters. The Kier molecular flexibility index (Phi) is 15.5. The molecule has 0 aromatic carbocycles. The lowest BCUT2D eigenvalue weighted by atomic mass is 9.37. The standard InChI is InChI=1S/C54H104/c1-24-45-30-38(10)46(25-2)37(9)29-44-31-47(39(11)27-34(4)5)54(23,48(26-3)50(18,19)35(6)7)51(20,32-44)33-49(16,17)42(14)43(15)53(22)41(13)36(8)28-40(12)52(45,53)21/h34-48H,24-33H2,1-23H3. The van der Waals surface area contributed by atoms with E-state index < -0.39 is 0 Å². The van der Waals surface area contributed by atoms with E-state index in [0.29, 0.717) is 34.5 Å². The van der Waals surface area contributed by atoms with Crippen LogP contribution in [-0.4, -0.2) is 0 Å². The van der Waals surface area contributed by atoms with Gasteiger partial charge in [-0.3, -0.25) is 0 Å². The van der Waals surface area contributed by atoms with Crippen LogP contribution in [0.1, 0.15) is 223 Å². The number of rotatable bonds is 9. The van der Waals surface area contributed by atoms with Crippen LogP contribution in [0.5, 0.6) is 0 Å². The molecule has 54 heavy (non-hydrogen) atoms. The van der Waals surface area contributed by atoms with Crippen molar-refractivity contribution in [2.24, 2.45) is 121 Å². The summed E-state index contributed by atoms with van der Waals surface area (Å²) in [5, 5.41) is 0. The number of hydrogen-bond donors (Lipinski definition) is 0. The summed E-state index contributed by atoms with van der Waals surface area (Å²) in [7, 11) is 0. The Labute approximate surface area is 343 Å². The van der Waals surface area contributed by atoms with Crippen LogP contribution in [0.2, 0.25) is 0 Å². The summed E-state index contributed by atoms with van der Waals surface area (Å²) in [6, 6.07) is 0. The lowest BCUT2D eigenvalue weighted by molar-refractivity contribution is -0.197. The first-order valence-electron chi connectivity index (χ1n) is 24.6. The molecule has 0 N–H and O–H groups in total. The fraction of sp³-hybridized carbons (Fsp3) is 1.00.